The van der Waals surface area contributed by atoms with Crippen LogP contribution in [0.4, 0.5) is 0 Å². The van der Waals surface area contributed by atoms with Gasteiger partial charge < -0.3 is 10.1 Å². The van der Waals surface area contributed by atoms with Gasteiger partial charge in [-0.3, -0.25) is 19.1 Å². The van der Waals surface area contributed by atoms with E-state index in [9.17, 15) is 9.59 Å². The number of carbonyl (C=O) groups is 1. The highest BCUT2D eigenvalue weighted by Gasteiger charge is 2.10. The smallest absolute Gasteiger partial charge is 0.261 e. The number of nitrogens with zero attached hydrogens (tertiary/aromatic N) is 3. The van der Waals surface area contributed by atoms with E-state index in [0.29, 0.717) is 18.5 Å². The molecule has 26 heavy (non-hydrogen) atoms. The van der Waals surface area contributed by atoms with Crippen LogP contribution in [0.3, 0.4) is 0 Å². The van der Waals surface area contributed by atoms with Gasteiger partial charge in [-0.15, -0.1) is 0 Å². The summed E-state index contributed by atoms with van der Waals surface area (Å²) in [4.78, 5) is 31.2. The van der Waals surface area contributed by atoms with Crippen LogP contribution in [0.5, 0.6) is 0 Å². The third-order valence-electron chi connectivity index (χ3n) is 4.71. The maximum absolute atomic E-state index is 12.5. The molecule has 1 N–H and O–H groups in total. The molecular weight excluding hydrogens is 332 g/mol. The Morgan fingerprint density at radius 1 is 1.27 bits per heavy atom. The zero-order chi connectivity index (χ0) is 18.4. The summed E-state index contributed by atoms with van der Waals surface area (Å²) in [5.41, 5.74) is 1.60. The van der Waals surface area contributed by atoms with Crippen molar-refractivity contribution in [3.8, 4) is 0 Å². The summed E-state index contributed by atoms with van der Waals surface area (Å²) in [5.74, 6) is -0.0387. The largest absolute Gasteiger partial charge is 0.379 e. The summed E-state index contributed by atoms with van der Waals surface area (Å²) < 4.78 is 6.83. The molecule has 0 unspecified atom stereocenters. The summed E-state index contributed by atoms with van der Waals surface area (Å²) in [5, 5.41) is 3.52. The minimum absolute atomic E-state index is 0.0387. The number of aromatic nitrogens is 2. The molecule has 1 amide bonds. The van der Waals surface area contributed by atoms with Gasteiger partial charge in [-0.05, 0) is 31.5 Å². The number of hydrogen-bond acceptors (Lipinski definition) is 5. The number of fused-ring (bicyclic) bond motifs is 1. The van der Waals surface area contributed by atoms with E-state index < -0.39 is 0 Å². The van der Waals surface area contributed by atoms with Crippen molar-refractivity contribution in [2.75, 3.05) is 39.4 Å². The second-order valence-corrected chi connectivity index (χ2v) is 6.62. The van der Waals surface area contributed by atoms with Gasteiger partial charge in [0.2, 0.25) is 5.91 Å². The maximum atomic E-state index is 12.5. The number of morpholine rings is 1. The first-order valence-corrected chi connectivity index (χ1v) is 9.17. The quantitative estimate of drug-likeness (QED) is 0.746. The number of benzene rings is 1. The first-order chi connectivity index (χ1) is 12.6. The minimum Gasteiger partial charge on any atom is -0.379 e. The third-order valence-corrected chi connectivity index (χ3v) is 4.71. The predicted molar refractivity (Wildman–Crippen MR) is 100 cm³/mol. The summed E-state index contributed by atoms with van der Waals surface area (Å²) in [7, 11) is 0. The maximum Gasteiger partial charge on any atom is 0.261 e. The number of aryl methyl sites for hydroxylation is 2. The van der Waals surface area contributed by atoms with E-state index in [1.54, 1.807) is 6.07 Å². The van der Waals surface area contributed by atoms with Crippen LogP contribution in [-0.2, 0) is 16.1 Å². The van der Waals surface area contributed by atoms with Crippen LogP contribution in [0.1, 0.15) is 18.4 Å². The molecule has 3 rings (SSSR count). The SMILES string of the molecule is Cc1cccc2c(=O)n(CCC(=O)NCCCN3CCOCC3)cnc12. The molecule has 7 nitrogen and oxygen atoms in total. The second-order valence-electron chi connectivity index (χ2n) is 6.62. The number of para-hydroxylation sites is 1. The standard InChI is InChI=1S/C19H26N4O3/c1-15-4-2-5-16-18(15)21-14-23(19(16)25)9-6-17(24)20-7-3-8-22-10-12-26-13-11-22/h2,4-5,14H,3,6-13H2,1H3,(H,20,24). The number of amides is 1. The Kier molecular flexibility index (Phi) is 6.35. The fraction of sp³-hybridized carbons (Fsp3) is 0.526. The average molecular weight is 358 g/mol. The summed E-state index contributed by atoms with van der Waals surface area (Å²) in [6.45, 7) is 7.41. The molecule has 1 aromatic heterocycles. The van der Waals surface area contributed by atoms with E-state index in [1.807, 2.05) is 19.1 Å². The predicted octanol–water partition coefficient (Wildman–Crippen LogP) is 0.934. The Morgan fingerprint density at radius 2 is 2.08 bits per heavy atom. The normalized spacial score (nSPS) is 15.3. The summed E-state index contributed by atoms with van der Waals surface area (Å²) >= 11 is 0. The van der Waals surface area contributed by atoms with Gasteiger partial charge >= 0.3 is 0 Å². The Morgan fingerprint density at radius 3 is 2.88 bits per heavy atom. The Hall–Kier alpha value is -2.25. The van der Waals surface area contributed by atoms with Crippen molar-refractivity contribution in [3.63, 3.8) is 0 Å². The number of carbonyl (C=O) groups excluding carboxylic acids is 1. The van der Waals surface area contributed by atoms with Crippen molar-refractivity contribution in [1.29, 1.82) is 0 Å². The highest BCUT2D eigenvalue weighted by Crippen LogP contribution is 2.11. The molecule has 0 atom stereocenters. The van der Waals surface area contributed by atoms with E-state index in [0.717, 1.165) is 50.3 Å². The molecule has 0 spiro atoms. The number of nitrogens with one attached hydrogen (secondary N) is 1. The average Bonchev–Trinajstić information content (AvgIpc) is 2.66. The van der Waals surface area contributed by atoms with Crippen LogP contribution in [0.2, 0.25) is 0 Å². The molecule has 1 fully saturated rings. The minimum atomic E-state index is -0.0983. The lowest BCUT2D eigenvalue weighted by Crippen LogP contribution is -2.38. The third kappa shape index (κ3) is 4.68. The molecule has 0 saturated carbocycles. The van der Waals surface area contributed by atoms with E-state index >= 15 is 0 Å². The zero-order valence-electron chi connectivity index (χ0n) is 15.2. The summed E-state index contributed by atoms with van der Waals surface area (Å²) in [6.07, 6.45) is 2.72. The first kappa shape index (κ1) is 18.5. The fourth-order valence-electron chi connectivity index (χ4n) is 3.16. The number of hydrogen-bond donors (Lipinski definition) is 1. The molecular formula is C19H26N4O3. The Balaban J connectivity index is 1.45. The first-order valence-electron chi connectivity index (χ1n) is 9.17. The Bertz CT molecular complexity index is 812. The van der Waals surface area contributed by atoms with Crippen LogP contribution >= 0.6 is 0 Å². The number of rotatable bonds is 7. The monoisotopic (exact) mass is 358 g/mol. The van der Waals surface area contributed by atoms with Crippen molar-refractivity contribution < 1.29 is 9.53 Å². The van der Waals surface area contributed by atoms with Crippen LogP contribution in [0, 0.1) is 6.92 Å². The van der Waals surface area contributed by atoms with Crippen LogP contribution < -0.4 is 10.9 Å². The van der Waals surface area contributed by atoms with Crippen molar-refractivity contribution in [2.24, 2.45) is 0 Å². The summed E-state index contributed by atoms with van der Waals surface area (Å²) in [6, 6.07) is 5.57. The lowest BCUT2D eigenvalue weighted by Gasteiger charge is -2.26. The molecule has 1 aliphatic heterocycles. The molecule has 1 aromatic carbocycles. The van der Waals surface area contributed by atoms with Gasteiger partial charge in [-0.1, -0.05) is 12.1 Å². The highest BCUT2D eigenvalue weighted by atomic mass is 16.5. The van der Waals surface area contributed by atoms with Crippen molar-refractivity contribution in [1.82, 2.24) is 19.8 Å². The molecule has 1 aliphatic rings. The van der Waals surface area contributed by atoms with Gasteiger partial charge in [0.1, 0.15) is 0 Å². The zero-order valence-corrected chi connectivity index (χ0v) is 15.2. The van der Waals surface area contributed by atoms with E-state index in [-0.39, 0.29) is 17.9 Å². The van der Waals surface area contributed by atoms with Gasteiger partial charge in [0.15, 0.2) is 0 Å². The molecule has 140 valence electrons. The van der Waals surface area contributed by atoms with Crippen LogP contribution in [0.15, 0.2) is 29.3 Å². The molecule has 2 aromatic rings. The van der Waals surface area contributed by atoms with Crippen molar-refractivity contribution in [2.45, 2.75) is 26.3 Å². The van der Waals surface area contributed by atoms with Crippen LogP contribution in [0.25, 0.3) is 10.9 Å². The topological polar surface area (TPSA) is 76.5 Å². The van der Waals surface area contributed by atoms with Gasteiger partial charge in [-0.2, -0.15) is 0 Å². The lowest BCUT2D eigenvalue weighted by atomic mass is 10.1. The fourth-order valence-corrected chi connectivity index (χ4v) is 3.16. The van der Waals surface area contributed by atoms with Gasteiger partial charge in [-0.25, -0.2) is 4.98 Å². The molecule has 0 aliphatic carbocycles. The van der Waals surface area contributed by atoms with Gasteiger partial charge in [0, 0.05) is 32.6 Å². The van der Waals surface area contributed by atoms with E-state index in [1.165, 1.54) is 10.9 Å². The van der Waals surface area contributed by atoms with Gasteiger partial charge in [0.25, 0.3) is 5.56 Å². The van der Waals surface area contributed by atoms with Crippen molar-refractivity contribution in [3.05, 3.63) is 40.4 Å². The molecule has 0 bridgehead atoms. The van der Waals surface area contributed by atoms with E-state index in [4.69, 9.17) is 4.74 Å². The van der Waals surface area contributed by atoms with Crippen LogP contribution in [-0.4, -0.2) is 59.8 Å². The molecule has 0 radical (unpaired) electrons. The second kappa shape index (κ2) is 8.91. The molecule has 7 heteroatoms. The molecule has 2 heterocycles. The van der Waals surface area contributed by atoms with Crippen molar-refractivity contribution >= 4 is 16.8 Å². The van der Waals surface area contributed by atoms with E-state index in [2.05, 4.69) is 15.2 Å². The van der Waals surface area contributed by atoms with Gasteiger partial charge in [0.05, 0.1) is 30.4 Å². The number of ether oxygens (including phenoxy) is 1. The highest BCUT2D eigenvalue weighted by molar-refractivity contribution is 5.80. The Labute approximate surface area is 153 Å². The molecule has 1 saturated heterocycles. The lowest BCUT2D eigenvalue weighted by molar-refractivity contribution is -0.121.